The number of alkyl halides is 6. The summed E-state index contributed by atoms with van der Waals surface area (Å²) in [5.74, 6) is -0.815. The molecule has 1 aliphatic heterocycles. The van der Waals surface area contributed by atoms with Crippen molar-refractivity contribution in [3.8, 4) is 5.75 Å². The summed E-state index contributed by atoms with van der Waals surface area (Å²) in [6.07, 6.45) is -12.7. The van der Waals surface area contributed by atoms with E-state index >= 15 is 0 Å². The molecule has 4 rings (SSSR count). The highest BCUT2D eigenvalue weighted by Crippen LogP contribution is 2.51. The lowest BCUT2D eigenvalue weighted by molar-refractivity contribution is -0.376. The molecule has 0 saturated heterocycles. The molecule has 0 fully saturated rings. The Morgan fingerprint density at radius 1 is 0.950 bits per heavy atom. The molecular formula is C28H23Cl2F6NO3. The Kier molecular flexibility index (Phi) is 8.36. The second-order valence-corrected chi connectivity index (χ2v) is 10.3. The van der Waals surface area contributed by atoms with Crippen LogP contribution in [0.2, 0.25) is 10.0 Å². The number of anilines is 1. The van der Waals surface area contributed by atoms with E-state index in [0.29, 0.717) is 23.4 Å². The monoisotopic (exact) mass is 605 g/mol. The van der Waals surface area contributed by atoms with Crippen LogP contribution >= 0.6 is 23.2 Å². The summed E-state index contributed by atoms with van der Waals surface area (Å²) in [4.78, 5) is 15.0. The number of nitrogens with zero attached hydrogens (tertiary/aromatic N) is 1. The van der Waals surface area contributed by atoms with Gasteiger partial charge < -0.3 is 14.7 Å². The number of ether oxygens (including phenoxy) is 1. The number of fused-ring (bicyclic) bond motifs is 1. The Hall–Kier alpha value is -2.95. The van der Waals surface area contributed by atoms with Crippen molar-refractivity contribution in [1.29, 1.82) is 0 Å². The van der Waals surface area contributed by atoms with Crippen LogP contribution in [0.25, 0.3) is 0 Å². The van der Waals surface area contributed by atoms with Crippen molar-refractivity contribution < 1.29 is 41.0 Å². The third kappa shape index (κ3) is 5.75. The van der Waals surface area contributed by atoms with E-state index in [1.54, 1.807) is 43.3 Å². The molecule has 0 radical (unpaired) electrons. The lowest BCUT2D eigenvalue weighted by Crippen LogP contribution is -2.54. The van der Waals surface area contributed by atoms with Gasteiger partial charge in [0.2, 0.25) is 5.91 Å². The molecule has 0 aliphatic carbocycles. The highest BCUT2D eigenvalue weighted by molar-refractivity contribution is 6.42. The Morgan fingerprint density at radius 3 is 2.20 bits per heavy atom. The van der Waals surface area contributed by atoms with Crippen LogP contribution in [0.15, 0.2) is 66.7 Å². The van der Waals surface area contributed by atoms with E-state index < -0.39 is 41.4 Å². The molecule has 2 atom stereocenters. The molecule has 0 bridgehead atoms. The minimum absolute atomic E-state index is 0.0262. The van der Waals surface area contributed by atoms with Gasteiger partial charge in [-0.2, -0.15) is 26.3 Å². The first-order valence-corrected chi connectivity index (χ1v) is 12.9. The minimum atomic E-state index is -6.04. The maximum Gasteiger partial charge on any atom is 0.430 e. The van der Waals surface area contributed by atoms with Gasteiger partial charge in [-0.25, -0.2) is 0 Å². The van der Waals surface area contributed by atoms with Crippen LogP contribution in [0.4, 0.5) is 32.0 Å². The highest BCUT2D eigenvalue weighted by atomic mass is 35.5. The molecule has 1 amide bonds. The van der Waals surface area contributed by atoms with Gasteiger partial charge in [0, 0.05) is 17.3 Å². The van der Waals surface area contributed by atoms with Crippen LogP contribution < -0.4 is 9.64 Å². The molecule has 214 valence electrons. The number of carbonyl (C=O) groups excluding carboxylic acids is 1. The fourth-order valence-corrected chi connectivity index (χ4v) is 4.93. The number of rotatable bonds is 5. The molecule has 40 heavy (non-hydrogen) atoms. The van der Waals surface area contributed by atoms with Crippen molar-refractivity contribution in [2.75, 3.05) is 11.4 Å². The Morgan fingerprint density at radius 2 is 1.60 bits per heavy atom. The molecular weight excluding hydrogens is 583 g/mol. The van der Waals surface area contributed by atoms with E-state index in [1.165, 1.54) is 17.0 Å². The fourth-order valence-electron chi connectivity index (χ4n) is 4.64. The predicted octanol–water partition coefficient (Wildman–Crippen LogP) is 7.84. The molecule has 0 aromatic heterocycles. The Balaban J connectivity index is 1.77. The largest absolute Gasteiger partial charge is 0.489 e. The number of hydrogen-bond donors (Lipinski definition) is 1. The van der Waals surface area contributed by atoms with Gasteiger partial charge in [0.25, 0.3) is 5.60 Å². The van der Waals surface area contributed by atoms with Gasteiger partial charge >= 0.3 is 12.4 Å². The maximum absolute atomic E-state index is 13.7. The first-order chi connectivity index (χ1) is 18.6. The molecule has 3 aromatic rings. The number of aryl methyl sites for hydroxylation is 1. The van der Waals surface area contributed by atoms with E-state index in [-0.39, 0.29) is 40.7 Å². The molecule has 1 aliphatic rings. The van der Waals surface area contributed by atoms with Crippen molar-refractivity contribution in [3.63, 3.8) is 0 Å². The number of aliphatic hydroxyl groups is 1. The summed E-state index contributed by atoms with van der Waals surface area (Å²) in [6, 6.07) is 15.5. The molecule has 1 heterocycles. The topological polar surface area (TPSA) is 49.8 Å². The van der Waals surface area contributed by atoms with Crippen molar-refractivity contribution in [2.24, 2.45) is 0 Å². The van der Waals surface area contributed by atoms with Gasteiger partial charge in [-0.15, -0.1) is 0 Å². The maximum atomic E-state index is 13.7. The summed E-state index contributed by atoms with van der Waals surface area (Å²) in [5.41, 5.74) is -5.66. The lowest BCUT2D eigenvalue weighted by atomic mass is 9.89. The van der Waals surface area contributed by atoms with Gasteiger partial charge in [0.1, 0.15) is 11.9 Å². The molecule has 0 saturated carbocycles. The average Bonchev–Trinajstić information content (AvgIpc) is 3.07. The van der Waals surface area contributed by atoms with Crippen LogP contribution in [0.5, 0.6) is 5.75 Å². The molecule has 0 spiro atoms. The van der Waals surface area contributed by atoms with Crippen molar-refractivity contribution in [1.82, 2.24) is 0 Å². The molecule has 1 N–H and O–H groups in total. The van der Waals surface area contributed by atoms with E-state index in [1.807, 2.05) is 0 Å². The smallest absolute Gasteiger partial charge is 0.430 e. The average molecular weight is 606 g/mol. The summed E-state index contributed by atoms with van der Waals surface area (Å²) in [6.45, 7) is 1.60. The normalized spacial score (nSPS) is 17.1. The van der Waals surface area contributed by atoms with Gasteiger partial charge in [-0.3, -0.25) is 4.79 Å². The zero-order valence-electron chi connectivity index (χ0n) is 20.9. The van der Waals surface area contributed by atoms with Crippen LogP contribution in [0, 0.1) is 0 Å². The van der Waals surface area contributed by atoms with Crippen LogP contribution in [0.3, 0.4) is 0 Å². The number of halogens is 8. The first kappa shape index (κ1) is 30.0. The lowest BCUT2D eigenvalue weighted by Gasteiger charge is -2.34. The predicted molar refractivity (Wildman–Crippen MR) is 139 cm³/mol. The molecule has 3 aromatic carbocycles. The minimum Gasteiger partial charge on any atom is -0.489 e. The second kappa shape index (κ2) is 11.1. The van der Waals surface area contributed by atoms with Gasteiger partial charge in [-0.1, -0.05) is 65.7 Å². The summed E-state index contributed by atoms with van der Waals surface area (Å²) >= 11 is 12.0. The molecule has 12 heteroatoms. The zero-order chi connectivity index (χ0) is 29.5. The standard InChI is InChI=1S/C28H23Cl2F6NO3/c1-16(17-5-3-2-4-6-17)25(38)37-15-21(40-20-10-11-22(29)23(30)14-20)9-7-18-13-19(8-12-24(18)37)26(39,27(31,32)33)28(34,35)36/h2-6,8,10-14,16,21,39H,7,9,15H2,1H3/t16-,21-/m0/s1. The summed E-state index contributed by atoms with van der Waals surface area (Å²) in [7, 11) is 0. The van der Waals surface area contributed by atoms with Crippen LogP contribution in [-0.4, -0.2) is 36.0 Å². The van der Waals surface area contributed by atoms with E-state index in [4.69, 9.17) is 27.9 Å². The number of carbonyl (C=O) groups is 1. The number of amides is 1. The van der Waals surface area contributed by atoms with E-state index in [0.717, 1.165) is 6.07 Å². The van der Waals surface area contributed by atoms with Crippen molar-refractivity contribution >= 4 is 34.8 Å². The quantitative estimate of drug-likeness (QED) is 0.301. The van der Waals surface area contributed by atoms with Gasteiger partial charge in [0.15, 0.2) is 0 Å². The second-order valence-electron chi connectivity index (χ2n) is 9.49. The third-order valence-electron chi connectivity index (χ3n) is 6.86. The van der Waals surface area contributed by atoms with Crippen LogP contribution in [0.1, 0.15) is 36.0 Å². The fraction of sp³-hybridized carbons (Fsp3) is 0.321. The SMILES string of the molecule is C[C@H](C(=O)N1C[C@@H](Oc2ccc(Cl)c(Cl)c2)CCc2cc(C(O)(C(F)(F)F)C(F)(F)F)ccc21)c1ccccc1. The Labute approximate surface area is 236 Å². The Bertz CT molecular complexity index is 1370. The summed E-state index contributed by atoms with van der Waals surface area (Å²) < 4.78 is 87.6. The van der Waals surface area contributed by atoms with Crippen LogP contribution in [-0.2, 0) is 16.8 Å². The van der Waals surface area contributed by atoms with E-state index in [2.05, 4.69) is 0 Å². The molecule has 0 unspecified atom stereocenters. The van der Waals surface area contributed by atoms with E-state index in [9.17, 15) is 36.2 Å². The van der Waals surface area contributed by atoms with Crippen molar-refractivity contribution in [2.45, 2.75) is 49.7 Å². The number of hydrogen-bond acceptors (Lipinski definition) is 3. The van der Waals surface area contributed by atoms with Gasteiger partial charge in [0.05, 0.1) is 22.5 Å². The first-order valence-electron chi connectivity index (χ1n) is 12.1. The zero-order valence-corrected chi connectivity index (χ0v) is 22.4. The third-order valence-corrected chi connectivity index (χ3v) is 7.60. The number of benzene rings is 3. The van der Waals surface area contributed by atoms with Crippen molar-refractivity contribution in [3.05, 3.63) is 93.5 Å². The summed E-state index contributed by atoms with van der Waals surface area (Å²) in [5, 5.41) is 10.5. The van der Waals surface area contributed by atoms with Gasteiger partial charge in [-0.05, 0) is 49.1 Å². The molecule has 4 nitrogen and oxygen atoms in total. The highest BCUT2D eigenvalue weighted by Gasteiger charge is 2.71.